The number of hydrogen-bond acceptors (Lipinski definition) is 4. The highest BCUT2D eigenvalue weighted by atomic mass is 16.5. The first-order chi connectivity index (χ1) is 8.24. The van der Waals surface area contributed by atoms with Gasteiger partial charge in [0.1, 0.15) is 0 Å². The van der Waals surface area contributed by atoms with Gasteiger partial charge in [0.25, 0.3) is 0 Å². The van der Waals surface area contributed by atoms with Crippen LogP contribution in [0.15, 0.2) is 24.4 Å². The molecule has 0 aromatic carbocycles. The van der Waals surface area contributed by atoms with E-state index < -0.39 is 5.41 Å². The van der Waals surface area contributed by atoms with E-state index in [9.17, 15) is 4.79 Å². The highest BCUT2D eigenvalue weighted by Crippen LogP contribution is 2.50. The molecule has 0 bridgehead atoms. The molecule has 17 heavy (non-hydrogen) atoms. The predicted octanol–water partition coefficient (Wildman–Crippen LogP) is 1.69. The van der Waals surface area contributed by atoms with Gasteiger partial charge in [0.15, 0.2) is 0 Å². The molecule has 0 amide bonds. The van der Waals surface area contributed by atoms with Crippen LogP contribution in [0.3, 0.4) is 0 Å². The number of esters is 1. The van der Waals surface area contributed by atoms with Crippen LogP contribution in [0.4, 0.5) is 0 Å². The van der Waals surface area contributed by atoms with Gasteiger partial charge < -0.3 is 10.1 Å². The van der Waals surface area contributed by atoms with Gasteiger partial charge in [0.05, 0.1) is 24.3 Å². The zero-order valence-corrected chi connectivity index (χ0v) is 10.3. The fraction of sp³-hybridized carbons (Fsp3) is 0.538. The van der Waals surface area contributed by atoms with Gasteiger partial charge in [-0.05, 0) is 32.0 Å². The van der Waals surface area contributed by atoms with E-state index in [1.165, 1.54) is 7.11 Å². The lowest BCUT2D eigenvalue weighted by Crippen LogP contribution is -2.48. The first-order valence-electron chi connectivity index (χ1n) is 5.91. The average Bonchev–Trinajstić information content (AvgIpc) is 2.33. The van der Waals surface area contributed by atoms with Crippen molar-refractivity contribution in [2.75, 3.05) is 14.2 Å². The molecular weight excluding hydrogens is 216 g/mol. The maximum absolute atomic E-state index is 12.0. The summed E-state index contributed by atoms with van der Waals surface area (Å²) in [4.78, 5) is 16.3. The summed E-state index contributed by atoms with van der Waals surface area (Å²) in [6.45, 7) is 0. The molecular formula is C13H18N2O2. The zero-order chi connectivity index (χ0) is 12.3. The summed E-state index contributed by atoms with van der Waals surface area (Å²) in [6.07, 6.45) is 4.55. The van der Waals surface area contributed by atoms with Crippen LogP contribution in [0, 0.1) is 5.41 Å². The minimum atomic E-state index is -0.433. The molecule has 0 saturated heterocycles. The molecule has 1 saturated carbocycles. The molecule has 0 aliphatic heterocycles. The number of nitrogens with zero attached hydrogens (tertiary/aromatic N) is 1. The van der Waals surface area contributed by atoms with E-state index in [2.05, 4.69) is 10.3 Å². The molecule has 2 rings (SSSR count). The molecule has 1 fully saturated rings. The molecule has 1 aromatic rings. The van der Waals surface area contributed by atoms with Gasteiger partial charge in [-0.3, -0.25) is 9.78 Å². The van der Waals surface area contributed by atoms with E-state index >= 15 is 0 Å². The SMILES string of the molecule is CNC(c1ccccn1)C1(C(=O)OC)CCC1. The van der Waals surface area contributed by atoms with Crippen molar-refractivity contribution >= 4 is 5.97 Å². The number of pyridine rings is 1. The summed E-state index contributed by atoms with van der Waals surface area (Å²) < 4.78 is 4.96. The summed E-state index contributed by atoms with van der Waals surface area (Å²) in [7, 11) is 3.32. The monoisotopic (exact) mass is 234 g/mol. The van der Waals surface area contributed by atoms with Crippen LogP contribution in [-0.4, -0.2) is 25.1 Å². The van der Waals surface area contributed by atoms with Crippen LogP contribution in [0.25, 0.3) is 0 Å². The number of hydrogen-bond donors (Lipinski definition) is 1. The molecule has 0 radical (unpaired) electrons. The lowest BCUT2D eigenvalue weighted by Gasteiger charge is -2.44. The number of carbonyl (C=O) groups excluding carboxylic acids is 1. The molecule has 1 aromatic heterocycles. The minimum absolute atomic E-state index is 0.0649. The molecule has 1 N–H and O–H groups in total. The fourth-order valence-electron chi connectivity index (χ4n) is 2.63. The lowest BCUT2D eigenvalue weighted by atomic mass is 9.63. The smallest absolute Gasteiger partial charge is 0.313 e. The highest BCUT2D eigenvalue weighted by Gasteiger charge is 2.51. The van der Waals surface area contributed by atoms with E-state index in [4.69, 9.17) is 4.74 Å². The van der Waals surface area contributed by atoms with Gasteiger partial charge in [0, 0.05) is 6.20 Å². The maximum Gasteiger partial charge on any atom is 0.313 e. The molecule has 1 aliphatic carbocycles. The van der Waals surface area contributed by atoms with Crippen molar-refractivity contribution in [3.05, 3.63) is 30.1 Å². The topological polar surface area (TPSA) is 51.2 Å². The largest absolute Gasteiger partial charge is 0.469 e. The van der Waals surface area contributed by atoms with Crippen molar-refractivity contribution in [1.29, 1.82) is 0 Å². The van der Waals surface area contributed by atoms with Gasteiger partial charge >= 0.3 is 5.97 Å². The van der Waals surface area contributed by atoms with Crippen LogP contribution in [0.1, 0.15) is 31.0 Å². The molecule has 0 spiro atoms. The molecule has 1 heterocycles. The molecule has 1 unspecified atom stereocenters. The second-order valence-corrected chi connectivity index (χ2v) is 4.48. The van der Waals surface area contributed by atoms with Gasteiger partial charge in [-0.25, -0.2) is 0 Å². The van der Waals surface area contributed by atoms with Crippen molar-refractivity contribution in [2.24, 2.45) is 5.41 Å². The van der Waals surface area contributed by atoms with Crippen LogP contribution in [0.2, 0.25) is 0 Å². The standard InChI is InChI=1S/C13H18N2O2/c1-14-11(10-6-3-4-9-15-10)13(7-5-8-13)12(16)17-2/h3-4,6,9,11,14H,5,7-8H2,1-2H3. The van der Waals surface area contributed by atoms with Crippen molar-refractivity contribution in [1.82, 2.24) is 10.3 Å². The summed E-state index contributed by atoms with van der Waals surface area (Å²) in [5.74, 6) is -0.131. The Morgan fingerprint density at radius 1 is 1.53 bits per heavy atom. The molecule has 4 heteroatoms. The fourth-order valence-corrected chi connectivity index (χ4v) is 2.63. The third kappa shape index (κ3) is 1.93. The Hall–Kier alpha value is -1.42. The average molecular weight is 234 g/mol. The summed E-state index contributed by atoms with van der Waals surface area (Å²) in [5.41, 5.74) is 0.470. The number of ether oxygens (including phenoxy) is 1. The summed E-state index contributed by atoms with van der Waals surface area (Å²) in [6, 6.07) is 5.70. The summed E-state index contributed by atoms with van der Waals surface area (Å²) in [5, 5.41) is 3.21. The second kappa shape index (κ2) is 4.84. The highest BCUT2D eigenvalue weighted by molar-refractivity contribution is 5.79. The maximum atomic E-state index is 12.0. The minimum Gasteiger partial charge on any atom is -0.469 e. The van der Waals surface area contributed by atoms with Crippen LogP contribution >= 0.6 is 0 Å². The first-order valence-corrected chi connectivity index (χ1v) is 5.91. The Kier molecular flexibility index (Phi) is 3.43. The Balaban J connectivity index is 2.31. The number of methoxy groups -OCH3 is 1. The third-order valence-electron chi connectivity index (χ3n) is 3.66. The molecule has 92 valence electrons. The first kappa shape index (κ1) is 12.0. The molecule has 1 atom stereocenters. The number of aromatic nitrogens is 1. The number of nitrogens with one attached hydrogen (secondary N) is 1. The Morgan fingerprint density at radius 2 is 2.29 bits per heavy atom. The number of carbonyl (C=O) groups is 1. The van der Waals surface area contributed by atoms with Crippen molar-refractivity contribution in [3.63, 3.8) is 0 Å². The van der Waals surface area contributed by atoms with Gasteiger partial charge in [-0.2, -0.15) is 0 Å². The molecule has 1 aliphatic rings. The van der Waals surface area contributed by atoms with Gasteiger partial charge in [0.2, 0.25) is 0 Å². The molecule has 4 nitrogen and oxygen atoms in total. The Bertz CT molecular complexity index is 388. The zero-order valence-electron chi connectivity index (χ0n) is 10.3. The van der Waals surface area contributed by atoms with Crippen molar-refractivity contribution in [3.8, 4) is 0 Å². The Labute approximate surface area is 101 Å². The number of rotatable bonds is 4. The summed E-state index contributed by atoms with van der Waals surface area (Å²) >= 11 is 0. The quantitative estimate of drug-likeness (QED) is 0.805. The van der Waals surface area contributed by atoms with E-state index in [0.29, 0.717) is 0 Å². The van der Waals surface area contributed by atoms with E-state index in [1.807, 2.05) is 25.2 Å². The Morgan fingerprint density at radius 3 is 2.71 bits per heavy atom. The second-order valence-electron chi connectivity index (χ2n) is 4.48. The predicted molar refractivity (Wildman–Crippen MR) is 64.3 cm³/mol. The normalized spacial score (nSPS) is 19.2. The van der Waals surface area contributed by atoms with E-state index in [-0.39, 0.29) is 12.0 Å². The van der Waals surface area contributed by atoms with Gasteiger partial charge in [-0.15, -0.1) is 0 Å². The van der Waals surface area contributed by atoms with Crippen LogP contribution in [0.5, 0.6) is 0 Å². The lowest BCUT2D eigenvalue weighted by molar-refractivity contribution is -0.161. The van der Waals surface area contributed by atoms with Crippen LogP contribution < -0.4 is 5.32 Å². The van der Waals surface area contributed by atoms with E-state index in [1.54, 1.807) is 6.20 Å². The van der Waals surface area contributed by atoms with Gasteiger partial charge in [-0.1, -0.05) is 12.5 Å². The van der Waals surface area contributed by atoms with Crippen molar-refractivity contribution in [2.45, 2.75) is 25.3 Å². The van der Waals surface area contributed by atoms with E-state index in [0.717, 1.165) is 25.0 Å². The van der Waals surface area contributed by atoms with Crippen LogP contribution in [-0.2, 0) is 9.53 Å². The third-order valence-corrected chi connectivity index (χ3v) is 3.66. The van der Waals surface area contributed by atoms with Crippen molar-refractivity contribution < 1.29 is 9.53 Å².